The third-order valence-electron chi connectivity index (χ3n) is 29.1. The van der Waals surface area contributed by atoms with Crippen LogP contribution in [0.25, 0.3) is 83.7 Å². The molecule has 0 aliphatic heterocycles. The van der Waals surface area contributed by atoms with Crippen molar-refractivity contribution in [2.24, 2.45) is 0 Å². The number of nitrogens with zero attached hydrogens (tertiary/aromatic N) is 4. The van der Waals surface area contributed by atoms with E-state index in [1.165, 1.54) is 555 Å². The van der Waals surface area contributed by atoms with Crippen molar-refractivity contribution in [1.82, 2.24) is 17.5 Å². The quantitative estimate of drug-likeness (QED) is 0.0357. The highest BCUT2D eigenvalue weighted by atomic mass is 32.1. The lowest BCUT2D eigenvalue weighted by Gasteiger charge is -2.35. The minimum absolute atomic E-state index is 0.108. The predicted octanol–water partition coefficient (Wildman–Crippen LogP) is 41.0. The van der Waals surface area contributed by atoms with Gasteiger partial charge in [0.1, 0.15) is 22.1 Å². The van der Waals surface area contributed by atoms with Gasteiger partial charge >= 0.3 is 0 Å². The normalized spacial score (nSPS) is 13.4. The standard InChI is InChI=1S/C112H172N4S6/c1-9-15-21-27-31-35-39-43-47-51-55-59-63-69-75-111(76-70-64-60-56-52-48-44-40-36-32-28-22-16-10-2)94-83-92-95(82-91(94)103-96(111)79-87(7)105-107(103)115-121-113-105)112(77-71-65-61-57-53-49-45-41-37-33-29-23-17-11-3,78-72-66-62-58-54-50-46-42-38-34-30-24-18-12-4)97-84-93(106-108(104(92)97)116-122-114-106)98-81-90(74-68-26-20-14-6)110(120-98)102-86-100-99(119-102)85-101(118-100)109-89(80-88(8)117-109)73-67-25-19-13-5/h79-86H,9-78H2,1-8H3. The Balaban J connectivity index is 0.972. The van der Waals surface area contributed by atoms with E-state index in [4.69, 9.17) is 17.5 Å². The van der Waals surface area contributed by atoms with Crippen LogP contribution in [0.1, 0.15) is 522 Å². The minimum atomic E-state index is -0.172. The highest BCUT2D eigenvalue weighted by Crippen LogP contribution is 2.64. The number of aromatic nitrogens is 4. The SMILES string of the molecule is CCCCCCCCCCCCCCCCC1(CCCCCCCCCCCCCCCC)c2cc3c(cc2-c2c1cc(C)c1nsnc21)C(CCCCCCCCCCCCCCCC)(CCCCCCCCCCCCCCCC)c1cc(-c2cc(CCCCCC)c(-c4cc5sc(-c6sc(C)cc6CCCCCC)cc5s4)s2)c2nsnc2c1-3. The van der Waals surface area contributed by atoms with E-state index in [0.717, 1.165) is 17.5 Å². The second-order valence-corrected chi connectivity index (χ2v) is 44.7. The van der Waals surface area contributed by atoms with Gasteiger partial charge in [0.25, 0.3) is 0 Å². The number of fused-ring (bicyclic) bond motifs is 11. The molecule has 0 unspecified atom stereocenters. The molecule has 0 N–H and O–H groups in total. The zero-order valence-corrected chi connectivity index (χ0v) is 84.3. The minimum Gasteiger partial charge on any atom is -0.173 e. The molecular weight excluding hydrogens is 1590 g/mol. The van der Waals surface area contributed by atoms with Gasteiger partial charge in [-0.15, -0.1) is 45.3 Å². The van der Waals surface area contributed by atoms with E-state index < -0.39 is 0 Å². The zero-order chi connectivity index (χ0) is 85.1. The summed E-state index contributed by atoms with van der Waals surface area (Å²) in [7, 11) is 0. The summed E-state index contributed by atoms with van der Waals surface area (Å²) in [6, 6.07) is 21.6. The van der Waals surface area contributed by atoms with Crippen LogP contribution in [0.5, 0.6) is 0 Å². The van der Waals surface area contributed by atoms with E-state index in [9.17, 15) is 0 Å². The van der Waals surface area contributed by atoms with Gasteiger partial charge in [0.15, 0.2) is 0 Å². The Bertz CT molecular complexity index is 4260. The average Bonchev–Trinajstić information content (AvgIpc) is 1.52. The van der Waals surface area contributed by atoms with Gasteiger partial charge in [-0.3, -0.25) is 0 Å². The predicted molar refractivity (Wildman–Crippen MR) is 551 cm³/mol. The molecule has 2 aliphatic rings. The molecule has 0 amide bonds. The number of thiophene rings is 4. The summed E-state index contributed by atoms with van der Waals surface area (Å²) in [5, 5.41) is 0. The molecular formula is C112H172N4S6. The largest absolute Gasteiger partial charge is 0.173 e. The number of rotatable bonds is 73. The highest BCUT2D eigenvalue weighted by Gasteiger charge is 2.50. The van der Waals surface area contributed by atoms with Crippen molar-refractivity contribution in [2.75, 3.05) is 0 Å². The summed E-state index contributed by atoms with van der Waals surface area (Å²) >= 11 is 11.2. The zero-order valence-electron chi connectivity index (χ0n) is 79.4. The molecule has 9 aromatic rings. The smallest absolute Gasteiger partial charge is 0.114 e. The molecule has 0 radical (unpaired) electrons. The Labute approximate surface area is 771 Å². The number of hydrogen-bond donors (Lipinski definition) is 0. The van der Waals surface area contributed by atoms with Crippen molar-refractivity contribution in [1.29, 1.82) is 0 Å². The van der Waals surface area contributed by atoms with Crippen LogP contribution in [0.4, 0.5) is 0 Å². The fourth-order valence-electron chi connectivity index (χ4n) is 21.9. The van der Waals surface area contributed by atoms with Crippen LogP contribution in [0.3, 0.4) is 0 Å². The molecule has 0 spiro atoms. The Morgan fingerprint density at radius 3 is 0.844 bits per heavy atom. The summed E-state index contributed by atoms with van der Waals surface area (Å²) in [5.41, 5.74) is 22.4. The van der Waals surface area contributed by atoms with Gasteiger partial charge < -0.3 is 0 Å². The lowest BCUT2D eigenvalue weighted by atomic mass is 9.68. The average molecular weight is 1770 g/mol. The van der Waals surface area contributed by atoms with Gasteiger partial charge in [-0.1, -0.05) is 446 Å². The maximum Gasteiger partial charge on any atom is 0.114 e. The highest BCUT2D eigenvalue weighted by molar-refractivity contribution is 7.33. The molecule has 11 rings (SSSR count). The molecule has 0 saturated heterocycles. The molecule has 4 nitrogen and oxygen atoms in total. The van der Waals surface area contributed by atoms with Crippen molar-refractivity contribution < 1.29 is 0 Å². The van der Waals surface area contributed by atoms with Crippen molar-refractivity contribution in [2.45, 2.75) is 516 Å². The maximum atomic E-state index is 5.71. The Hall–Kier alpha value is -3.64. The second kappa shape index (κ2) is 56.1. The van der Waals surface area contributed by atoms with Crippen molar-refractivity contribution >= 4 is 100 Å². The second-order valence-electron chi connectivity index (χ2n) is 39.1. The van der Waals surface area contributed by atoms with Crippen molar-refractivity contribution in [3.63, 3.8) is 0 Å². The van der Waals surface area contributed by atoms with Crippen LogP contribution in [-0.4, -0.2) is 17.5 Å². The van der Waals surface area contributed by atoms with Crippen molar-refractivity contribution in [3.8, 4) is 52.2 Å². The third kappa shape index (κ3) is 28.7. The van der Waals surface area contributed by atoms with E-state index in [2.05, 4.69) is 127 Å². The summed E-state index contributed by atoms with van der Waals surface area (Å²) in [5.74, 6) is 0. The molecule has 0 bridgehead atoms. The van der Waals surface area contributed by atoms with E-state index in [1.54, 1.807) is 27.8 Å². The van der Waals surface area contributed by atoms with Gasteiger partial charge in [-0.25, -0.2) is 0 Å². The Morgan fingerprint density at radius 1 is 0.230 bits per heavy atom. The summed E-state index contributed by atoms with van der Waals surface area (Å²) < 4.78 is 24.9. The molecule has 3 aromatic carbocycles. The summed E-state index contributed by atoms with van der Waals surface area (Å²) in [4.78, 5) is 8.78. The Morgan fingerprint density at radius 2 is 0.500 bits per heavy atom. The molecule has 10 heteroatoms. The monoisotopic (exact) mass is 1770 g/mol. The van der Waals surface area contributed by atoms with E-state index >= 15 is 0 Å². The Kier molecular flexibility index (Phi) is 45.5. The van der Waals surface area contributed by atoms with Crippen LogP contribution in [0.15, 0.2) is 48.5 Å². The molecule has 2 aliphatic carbocycles. The van der Waals surface area contributed by atoms with Crippen molar-refractivity contribution in [3.05, 3.63) is 92.4 Å². The first-order valence-corrected chi connectivity index (χ1v) is 57.5. The summed E-state index contributed by atoms with van der Waals surface area (Å²) in [6.45, 7) is 18.8. The third-order valence-corrected chi connectivity index (χ3v) is 35.1. The first kappa shape index (κ1) is 98.9. The molecule has 676 valence electrons. The molecule has 122 heavy (non-hydrogen) atoms. The number of benzene rings is 3. The van der Waals surface area contributed by atoms with E-state index in [1.807, 2.05) is 22.7 Å². The topological polar surface area (TPSA) is 51.6 Å². The van der Waals surface area contributed by atoms with Crippen LogP contribution in [-0.2, 0) is 23.7 Å². The lowest BCUT2D eigenvalue weighted by Crippen LogP contribution is -2.27. The first-order valence-electron chi connectivity index (χ1n) is 52.7. The fourth-order valence-corrected chi connectivity index (χ4v) is 28.0. The van der Waals surface area contributed by atoms with Crippen LogP contribution in [0, 0.1) is 13.8 Å². The molecule has 0 saturated carbocycles. The maximum absolute atomic E-state index is 5.71. The molecule has 0 atom stereocenters. The molecule has 6 aromatic heterocycles. The first-order chi connectivity index (χ1) is 60.2. The van der Waals surface area contributed by atoms with E-state index in [-0.39, 0.29) is 10.8 Å². The van der Waals surface area contributed by atoms with Gasteiger partial charge in [-0.2, -0.15) is 17.5 Å². The fraction of sp³-hybridized carbons (Fsp3) is 0.714. The van der Waals surface area contributed by atoms with Gasteiger partial charge in [0, 0.05) is 66.2 Å². The van der Waals surface area contributed by atoms with Crippen LogP contribution >= 0.6 is 68.8 Å². The van der Waals surface area contributed by atoms with Gasteiger partial charge in [-0.05, 0) is 158 Å². The number of aryl methyl sites for hydroxylation is 4. The molecule has 6 heterocycles. The van der Waals surface area contributed by atoms with Gasteiger partial charge in [0.05, 0.1) is 23.5 Å². The molecule has 0 fully saturated rings. The summed E-state index contributed by atoms with van der Waals surface area (Å²) in [6.07, 6.45) is 94.9. The van der Waals surface area contributed by atoms with Crippen LogP contribution < -0.4 is 0 Å². The van der Waals surface area contributed by atoms with Gasteiger partial charge in [0.2, 0.25) is 0 Å². The van der Waals surface area contributed by atoms with Crippen LogP contribution in [0.2, 0.25) is 0 Å². The number of hydrogen-bond acceptors (Lipinski definition) is 10. The number of unbranched alkanes of at least 4 members (excludes halogenated alkanes) is 58. The van der Waals surface area contributed by atoms with E-state index in [0.29, 0.717) is 0 Å². The lowest BCUT2D eigenvalue weighted by molar-refractivity contribution is 0.393.